The summed E-state index contributed by atoms with van der Waals surface area (Å²) in [5.41, 5.74) is 1.33. The maximum absolute atomic E-state index is 6.23. The Hall–Kier alpha value is -0.500. The highest BCUT2D eigenvalue weighted by molar-refractivity contribution is 6.30. The summed E-state index contributed by atoms with van der Waals surface area (Å²) in [5.74, 6) is 1.68. The topological polar surface area (TPSA) is 17.8 Å². The van der Waals surface area contributed by atoms with Crippen LogP contribution in [-0.2, 0) is 12.0 Å². The fraction of sp³-hybridized carbons (Fsp3) is 0.750. The summed E-state index contributed by atoms with van der Waals surface area (Å²) in [5, 5.41) is 0.715. The van der Waals surface area contributed by atoms with Crippen molar-refractivity contribution in [3.63, 3.8) is 0 Å². The number of halogens is 1. The molecule has 2 nitrogen and oxygen atoms in total. The fourth-order valence-corrected chi connectivity index (χ4v) is 2.76. The van der Waals surface area contributed by atoms with E-state index in [1.165, 1.54) is 18.5 Å². The van der Waals surface area contributed by atoms with Gasteiger partial charge in [0.15, 0.2) is 5.15 Å². The summed E-state index contributed by atoms with van der Waals surface area (Å²) < 4.78 is 2.33. The van der Waals surface area contributed by atoms with Crippen molar-refractivity contribution in [3.8, 4) is 0 Å². The van der Waals surface area contributed by atoms with Gasteiger partial charge < -0.3 is 4.57 Å². The Kier molecular flexibility index (Phi) is 2.58. The van der Waals surface area contributed by atoms with E-state index >= 15 is 0 Å². The van der Waals surface area contributed by atoms with Gasteiger partial charge in [0.05, 0.1) is 5.69 Å². The van der Waals surface area contributed by atoms with E-state index in [0.29, 0.717) is 11.1 Å². The predicted molar refractivity (Wildman–Crippen MR) is 63.6 cm³/mol. The van der Waals surface area contributed by atoms with Gasteiger partial charge in [-0.05, 0) is 18.8 Å². The summed E-state index contributed by atoms with van der Waals surface area (Å²) in [4.78, 5) is 4.54. The van der Waals surface area contributed by atoms with E-state index in [1.807, 2.05) is 0 Å². The third-order valence-corrected chi connectivity index (χ3v) is 3.40. The second-order valence-electron chi connectivity index (χ2n) is 5.56. The van der Waals surface area contributed by atoms with Gasteiger partial charge in [-0.25, -0.2) is 4.98 Å². The predicted octanol–water partition coefficient (Wildman–Crippen LogP) is 3.73. The van der Waals surface area contributed by atoms with Gasteiger partial charge in [-0.1, -0.05) is 39.3 Å². The summed E-state index contributed by atoms with van der Waals surface area (Å²) >= 11 is 6.23. The molecule has 0 N–H and O–H groups in total. The Morgan fingerprint density at radius 1 is 1.40 bits per heavy atom. The third-order valence-electron chi connectivity index (χ3n) is 3.12. The SMILES string of the molecule is CC1CCCn2c(C(C)(C)C)nc(Cl)c21. The molecule has 0 radical (unpaired) electrons. The van der Waals surface area contributed by atoms with Crippen LogP contribution in [0.25, 0.3) is 0 Å². The first-order chi connectivity index (χ1) is 6.91. The van der Waals surface area contributed by atoms with E-state index in [1.54, 1.807) is 0 Å². The highest BCUT2D eigenvalue weighted by Crippen LogP contribution is 2.36. The molecule has 1 unspecified atom stereocenters. The molecular formula is C12H19ClN2. The molecule has 1 aliphatic heterocycles. The first kappa shape index (κ1) is 11.0. The second kappa shape index (κ2) is 3.51. The molecule has 0 aromatic carbocycles. The quantitative estimate of drug-likeness (QED) is 0.659. The van der Waals surface area contributed by atoms with Crippen molar-refractivity contribution >= 4 is 11.6 Å². The van der Waals surface area contributed by atoms with Crippen LogP contribution in [0, 0.1) is 0 Å². The first-order valence-electron chi connectivity index (χ1n) is 5.67. The summed E-state index contributed by atoms with van der Waals surface area (Å²) in [6.45, 7) is 9.89. The van der Waals surface area contributed by atoms with Crippen LogP contribution in [0.1, 0.15) is 58.0 Å². The molecule has 1 atom stereocenters. The minimum absolute atomic E-state index is 0.0823. The Bertz CT molecular complexity index is 374. The van der Waals surface area contributed by atoms with Gasteiger partial charge in [0.1, 0.15) is 5.82 Å². The Morgan fingerprint density at radius 3 is 2.67 bits per heavy atom. The van der Waals surface area contributed by atoms with Gasteiger partial charge in [-0.15, -0.1) is 0 Å². The van der Waals surface area contributed by atoms with Crippen LogP contribution in [-0.4, -0.2) is 9.55 Å². The summed E-state index contributed by atoms with van der Waals surface area (Å²) in [6, 6.07) is 0. The number of fused-ring (bicyclic) bond motifs is 1. The molecule has 15 heavy (non-hydrogen) atoms. The van der Waals surface area contributed by atoms with Crippen LogP contribution in [0.5, 0.6) is 0 Å². The first-order valence-corrected chi connectivity index (χ1v) is 6.05. The molecule has 84 valence electrons. The lowest BCUT2D eigenvalue weighted by Gasteiger charge is -2.26. The van der Waals surface area contributed by atoms with E-state index in [9.17, 15) is 0 Å². The Balaban J connectivity index is 2.56. The average Bonchev–Trinajstić information content (AvgIpc) is 2.44. The van der Waals surface area contributed by atoms with E-state index in [4.69, 9.17) is 11.6 Å². The summed E-state index contributed by atoms with van der Waals surface area (Å²) in [7, 11) is 0. The van der Waals surface area contributed by atoms with Crippen molar-refractivity contribution in [3.05, 3.63) is 16.7 Å². The standard InChI is InChI=1S/C12H19ClN2/c1-8-6-5-7-15-9(8)10(13)14-11(15)12(2,3)4/h8H,5-7H2,1-4H3. The molecule has 0 bridgehead atoms. The van der Waals surface area contributed by atoms with E-state index in [0.717, 1.165) is 12.4 Å². The Labute approximate surface area is 96.7 Å². The molecule has 2 heterocycles. The zero-order chi connectivity index (χ0) is 11.2. The van der Waals surface area contributed by atoms with Crippen molar-refractivity contribution < 1.29 is 0 Å². The van der Waals surface area contributed by atoms with Crippen molar-refractivity contribution in [2.24, 2.45) is 0 Å². The van der Waals surface area contributed by atoms with Crippen LogP contribution >= 0.6 is 11.6 Å². The van der Waals surface area contributed by atoms with Crippen LogP contribution in [0.2, 0.25) is 5.15 Å². The number of hydrogen-bond donors (Lipinski definition) is 0. The van der Waals surface area contributed by atoms with Gasteiger partial charge in [0.25, 0.3) is 0 Å². The average molecular weight is 227 g/mol. The molecule has 2 rings (SSSR count). The highest BCUT2D eigenvalue weighted by Gasteiger charge is 2.29. The maximum atomic E-state index is 6.23. The molecular weight excluding hydrogens is 208 g/mol. The molecule has 1 aromatic rings. The van der Waals surface area contributed by atoms with E-state index in [2.05, 4.69) is 37.2 Å². The van der Waals surface area contributed by atoms with Gasteiger partial charge >= 0.3 is 0 Å². The lowest BCUT2D eigenvalue weighted by molar-refractivity contribution is 0.426. The van der Waals surface area contributed by atoms with Crippen LogP contribution in [0.3, 0.4) is 0 Å². The van der Waals surface area contributed by atoms with E-state index in [-0.39, 0.29) is 5.41 Å². The molecule has 0 saturated carbocycles. The van der Waals surface area contributed by atoms with Crippen molar-refractivity contribution in [1.82, 2.24) is 9.55 Å². The molecule has 0 saturated heterocycles. The number of aromatic nitrogens is 2. The number of rotatable bonds is 0. The molecule has 1 aliphatic rings. The zero-order valence-corrected chi connectivity index (χ0v) is 10.7. The van der Waals surface area contributed by atoms with Crippen molar-refractivity contribution in [2.45, 2.75) is 58.4 Å². The maximum Gasteiger partial charge on any atom is 0.150 e. The lowest BCUT2D eigenvalue weighted by atomic mass is 9.94. The molecule has 0 amide bonds. The molecule has 0 fully saturated rings. The minimum Gasteiger partial charge on any atom is -0.330 e. The normalized spacial score (nSPS) is 21.5. The van der Waals surface area contributed by atoms with Gasteiger partial charge in [0.2, 0.25) is 0 Å². The second-order valence-corrected chi connectivity index (χ2v) is 5.91. The van der Waals surface area contributed by atoms with Crippen LogP contribution in [0.4, 0.5) is 0 Å². The number of hydrogen-bond acceptors (Lipinski definition) is 1. The number of imidazole rings is 1. The third kappa shape index (κ3) is 1.80. The molecule has 0 aliphatic carbocycles. The van der Waals surface area contributed by atoms with Gasteiger partial charge in [-0.2, -0.15) is 0 Å². The zero-order valence-electron chi connectivity index (χ0n) is 9.97. The van der Waals surface area contributed by atoms with E-state index < -0.39 is 0 Å². The highest BCUT2D eigenvalue weighted by atomic mass is 35.5. The molecule has 0 spiro atoms. The monoisotopic (exact) mass is 226 g/mol. The largest absolute Gasteiger partial charge is 0.330 e. The van der Waals surface area contributed by atoms with Gasteiger partial charge in [0, 0.05) is 12.0 Å². The fourth-order valence-electron chi connectivity index (χ4n) is 2.40. The van der Waals surface area contributed by atoms with Crippen molar-refractivity contribution in [1.29, 1.82) is 0 Å². The van der Waals surface area contributed by atoms with Crippen LogP contribution < -0.4 is 0 Å². The minimum atomic E-state index is 0.0823. The Morgan fingerprint density at radius 2 is 2.07 bits per heavy atom. The van der Waals surface area contributed by atoms with Crippen molar-refractivity contribution in [2.75, 3.05) is 0 Å². The van der Waals surface area contributed by atoms with Crippen LogP contribution in [0.15, 0.2) is 0 Å². The molecule has 3 heteroatoms. The molecule has 1 aromatic heterocycles. The smallest absolute Gasteiger partial charge is 0.150 e. The van der Waals surface area contributed by atoms with Gasteiger partial charge in [-0.3, -0.25) is 0 Å². The summed E-state index contributed by atoms with van der Waals surface area (Å²) in [6.07, 6.45) is 2.47. The number of nitrogens with zero attached hydrogens (tertiary/aromatic N) is 2. The lowest BCUT2D eigenvalue weighted by Crippen LogP contribution is -2.23.